The number of thiophene rings is 1. The van der Waals surface area contributed by atoms with Crippen molar-refractivity contribution in [3.63, 3.8) is 0 Å². The fraction of sp³-hybridized carbons (Fsp3) is 0.348. The maximum atomic E-state index is 13.8. The quantitative estimate of drug-likeness (QED) is 0.243. The van der Waals surface area contributed by atoms with Crippen LogP contribution in [0.15, 0.2) is 45.3 Å². The lowest BCUT2D eigenvalue weighted by Crippen LogP contribution is -2.35. The van der Waals surface area contributed by atoms with E-state index in [1.807, 2.05) is 11.4 Å². The first-order valence-corrected chi connectivity index (χ1v) is 15.7. The second kappa shape index (κ2) is 9.90. The zero-order chi connectivity index (χ0) is 27.2. The molecule has 0 fully saturated rings. The summed E-state index contributed by atoms with van der Waals surface area (Å²) in [6.45, 7) is 6.47. The van der Waals surface area contributed by atoms with Gasteiger partial charge in [-0.1, -0.05) is 26.8 Å². The average Bonchev–Trinajstić information content (AvgIpc) is 3.32. The maximum Gasteiger partial charge on any atom is 0.348 e. The second-order valence-electron chi connectivity index (χ2n) is 9.83. The molecule has 1 atom stereocenters. The molecule has 0 spiro atoms. The van der Waals surface area contributed by atoms with E-state index in [1.165, 1.54) is 35.5 Å². The first-order chi connectivity index (χ1) is 17.2. The fourth-order valence-corrected chi connectivity index (χ4v) is 6.52. The monoisotopic (exact) mass is 567 g/mol. The Morgan fingerprint density at radius 2 is 2.00 bits per heavy atom. The highest BCUT2D eigenvalue weighted by molar-refractivity contribution is 8.24. The van der Waals surface area contributed by atoms with Gasteiger partial charge in [0.15, 0.2) is 11.6 Å². The average molecular weight is 568 g/mol. The number of nitrogens with zero attached hydrogens (tertiary/aromatic N) is 3. The van der Waals surface area contributed by atoms with Crippen molar-refractivity contribution >= 4 is 52.1 Å². The molecule has 0 saturated heterocycles. The fourth-order valence-electron chi connectivity index (χ4n) is 3.70. The van der Waals surface area contributed by atoms with Gasteiger partial charge in [0.05, 0.1) is 21.6 Å². The normalized spacial score (nSPS) is 18.1. The molecule has 37 heavy (non-hydrogen) atoms. The van der Waals surface area contributed by atoms with E-state index in [0.717, 1.165) is 0 Å². The summed E-state index contributed by atoms with van der Waals surface area (Å²) in [5, 5.41) is 20.7. The Morgan fingerprint density at radius 3 is 2.59 bits per heavy atom. The third-order valence-electron chi connectivity index (χ3n) is 5.54. The summed E-state index contributed by atoms with van der Waals surface area (Å²) in [6.07, 6.45) is 1.87. The molecule has 1 aliphatic heterocycles. The number of amidine groups is 1. The van der Waals surface area contributed by atoms with Crippen LogP contribution >= 0.6 is 29.6 Å². The number of aromatic hydroxyl groups is 1. The van der Waals surface area contributed by atoms with Gasteiger partial charge in [-0.15, -0.1) is 22.1 Å². The van der Waals surface area contributed by atoms with Gasteiger partial charge in [-0.25, -0.2) is 4.68 Å². The van der Waals surface area contributed by atoms with E-state index in [4.69, 9.17) is 4.52 Å². The molecular weight excluding hydrogens is 537 g/mol. The van der Waals surface area contributed by atoms with Crippen molar-refractivity contribution in [2.75, 3.05) is 23.4 Å². The van der Waals surface area contributed by atoms with Crippen LogP contribution in [0, 0.1) is 5.41 Å². The van der Waals surface area contributed by atoms with Crippen molar-refractivity contribution in [1.29, 1.82) is 0 Å². The van der Waals surface area contributed by atoms with E-state index in [0.29, 0.717) is 29.2 Å². The molecule has 200 valence electrons. The number of nitrogens with one attached hydrogen (secondary N) is 2. The lowest BCUT2D eigenvalue weighted by molar-refractivity contribution is 0.335. The Hall–Kier alpha value is -2.67. The van der Waals surface area contributed by atoms with E-state index in [1.54, 1.807) is 18.2 Å². The van der Waals surface area contributed by atoms with Crippen LogP contribution < -0.4 is 20.9 Å². The lowest BCUT2D eigenvalue weighted by atomic mass is 9.92. The van der Waals surface area contributed by atoms with Crippen molar-refractivity contribution in [1.82, 2.24) is 9.78 Å². The Morgan fingerprint density at radius 1 is 1.27 bits per heavy atom. The summed E-state index contributed by atoms with van der Waals surface area (Å²) in [6, 6.07) is 8.15. The Bertz CT molecular complexity index is 1460. The van der Waals surface area contributed by atoms with Gasteiger partial charge in [0.25, 0.3) is 5.56 Å². The second-order valence-corrected chi connectivity index (χ2v) is 14.7. The van der Waals surface area contributed by atoms with Gasteiger partial charge in [-0.05, 0) is 41.5 Å². The number of aromatic nitrogens is 2. The third kappa shape index (κ3) is 5.92. The zero-order valence-corrected chi connectivity index (χ0v) is 23.6. The van der Waals surface area contributed by atoms with Crippen molar-refractivity contribution in [3.05, 3.63) is 51.6 Å². The molecular formula is C23H30N5O6PS2. The molecule has 5 N–H and O–H groups in total. The smallest absolute Gasteiger partial charge is 0.348 e. The third-order valence-corrected chi connectivity index (χ3v) is 8.98. The largest absolute Gasteiger partial charge is 0.505 e. The molecule has 3 heterocycles. The summed E-state index contributed by atoms with van der Waals surface area (Å²) in [5.74, 6) is -0.486. The highest BCUT2D eigenvalue weighted by Crippen LogP contribution is 2.52. The van der Waals surface area contributed by atoms with E-state index >= 15 is 0 Å². The van der Waals surface area contributed by atoms with Gasteiger partial charge in [0, 0.05) is 19.9 Å². The first-order valence-electron chi connectivity index (χ1n) is 11.3. The molecule has 2 aromatic heterocycles. The molecule has 0 saturated carbocycles. The highest BCUT2D eigenvalue weighted by atomic mass is 32.3. The number of aryl methyl sites for hydroxylation is 1. The predicted octanol–water partition coefficient (Wildman–Crippen LogP) is 5.16. The van der Waals surface area contributed by atoms with Crippen molar-refractivity contribution < 1.29 is 23.3 Å². The predicted molar refractivity (Wildman–Crippen MR) is 151 cm³/mol. The highest BCUT2D eigenvalue weighted by Gasteiger charge is 2.36. The Labute approximate surface area is 220 Å². The van der Waals surface area contributed by atoms with Crippen LogP contribution in [0.3, 0.4) is 0 Å². The number of hydrogen-bond acceptors (Lipinski definition) is 10. The molecule has 1 aliphatic rings. The maximum absolute atomic E-state index is 13.8. The molecule has 14 heteroatoms. The van der Waals surface area contributed by atoms with Gasteiger partial charge in [-0.2, -0.15) is 9.86 Å². The lowest BCUT2D eigenvalue weighted by Gasteiger charge is -2.30. The van der Waals surface area contributed by atoms with Crippen LogP contribution in [-0.2, 0) is 15.6 Å². The summed E-state index contributed by atoms with van der Waals surface area (Å²) in [5.41, 5.74) is 0.0323. The molecule has 1 unspecified atom stereocenters. The molecule has 0 amide bonds. The van der Waals surface area contributed by atoms with Gasteiger partial charge in [-0.3, -0.25) is 23.2 Å². The molecule has 11 nitrogen and oxygen atoms in total. The molecule has 0 radical (unpaired) electrons. The molecule has 1 aromatic carbocycles. The van der Waals surface area contributed by atoms with Crippen LogP contribution in [0.1, 0.15) is 32.8 Å². The van der Waals surface area contributed by atoms with Crippen LogP contribution in [-0.4, -0.2) is 43.2 Å². The summed E-state index contributed by atoms with van der Waals surface area (Å²) < 4.78 is 46.8. The van der Waals surface area contributed by atoms with E-state index in [-0.39, 0.29) is 33.6 Å². The van der Waals surface area contributed by atoms with Crippen LogP contribution in [0.25, 0.3) is 10.6 Å². The zero-order valence-electron chi connectivity index (χ0n) is 21.1. The molecule has 0 bridgehead atoms. The standard InChI is InChI=1S/C23H30N5O6PS2/c1-23(2,3)10-11-28-22(30)18(20(29)19(25-28)17-7-6-12-36-17)21-24-15-9-8-14(27-37(5,32)33)13-16(15)35(31,26-21)34-4/h6-9,12-13,27,29,32-33H,10-11H2,1-5H3,(H,24,26,31). The van der Waals surface area contributed by atoms with Crippen molar-refractivity contribution in [2.24, 2.45) is 10.2 Å². The van der Waals surface area contributed by atoms with Crippen molar-refractivity contribution in [2.45, 2.75) is 33.7 Å². The van der Waals surface area contributed by atoms with Crippen LogP contribution in [0.2, 0.25) is 0 Å². The van der Waals surface area contributed by atoms with Crippen molar-refractivity contribution in [3.8, 4) is 16.3 Å². The number of benzene rings is 1. The van der Waals surface area contributed by atoms with Gasteiger partial charge < -0.3 is 14.9 Å². The summed E-state index contributed by atoms with van der Waals surface area (Å²) in [7, 11) is -5.76. The number of rotatable bonds is 7. The molecule has 4 rings (SSSR count). The minimum Gasteiger partial charge on any atom is -0.505 e. The summed E-state index contributed by atoms with van der Waals surface area (Å²) >= 11 is 1.36. The minimum atomic E-state index is -3.92. The van der Waals surface area contributed by atoms with Gasteiger partial charge >= 0.3 is 7.52 Å². The van der Waals surface area contributed by atoms with E-state index in [2.05, 4.69) is 40.7 Å². The van der Waals surface area contributed by atoms with E-state index < -0.39 is 23.9 Å². The van der Waals surface area contributed by atoms with Crippen LogP contribution in [0.5, 0.6) is 5.75 Å². The molecule has 3 aromatic rings. The number of anilines is 2. The Balaban J connectivity index is 1.88. The van der Waals surface area contributed by atoms with E-state index in [9.17, 15) is 23.6 Å². The number of hydrogen-bond donors (Lipinski definition) is 5. The Kier molecular flexibility index (Phi) is 7.32. The number of fused-ring (bicyclic) bond motifs is 1. The van der Waals surface area contributed by atoms with Gasteiger partial charge in [0.1, 0.15) is 11.3 Å². The topological polar surface area (TPSA) is 158 Å². The molecule has 0 aliphatic carbocycles. The minimum absolute atomic E-state index is 0.0692. The first kappa shape index (κ1) is 27.4. The van der Waals surface area contributed by atoms with Gasteiger partial charge in [0.2, 0.25) is 0 Å². The SMILES string of the molecule is COP1(=O)N=C(c2c(O)c(-c3cccs3)nn(CCC(C)(C)C)c2=O)Nc2ccc(NS(C)(O)O)cc21. The van der Waals surface area contributed by atoms with Crippen LogP contribution in [0.4, 0.5) is 11.4 Å². The summed E-state index contributed by atoms with van der Waals surface area (Å²) in [4.78, 5) is 14.2.